The fourth-order valence-electron chi connectivity index (χ4n) is 2.67. The largest absolute Gasteiger partial charge is 0.481 e. The molecule has 1 heterocycles. The van der Waals surface area contributed by atoms with Crippen molar-refractivity contribution in [3.05, 3.63) is 77.3 Å². The van der Waals surface area contributed by atoms with Crippen molar-refractivity contribution in [2.75, 3.05) is 0 Å². The number of ether oxygens (including phenoxy) is 1. The first-order valence-corrected chi connectivity index (χ1v) is 8.60. The van der Waals surface area contributed by atoms with E-state index in [1.165, 1.54) is 0 Å². The minimum atomic E-state index is -0.863. The SMILES string of the molecule is O=C(O)Cc1ccc(-c2nc3cc(Oc4ccc(Cl)cc4)ccc3o2)cc1. The third-order valence-electron chi connectivity index (χ3n) is 3.96. The van der Waals surface area contributed by atoms with Crippen molar-refractivity contribution in [2.24, 2.45) is 0 Å². The van der Waals surface area contributed by atoms with E-state index in [-0.39, 0.29) is 6.42 Å². The number of halogens is 1. The number of carbonyl (C=O) groups is 1. The lowest BCUT2D eigenvalue weighted by molar-refractivity contribution is -0.136. The van der Waals surface area contributed by atoms with Crippen molar-refractivity contribution in [1.82, 2.24) is 4.98 Å². The fraction of sp³-hybridized carbons (Fsp3) is 0.0476. The second-order valence-electron chi connectivity index (χ2n) is 5.97. The average molecular weight is 380 g/mol. The minimum absolute atomic E-state index is 0.0146. The van der Waals surface area contributed by atoms with Crippen LogP contribution in [0.3, 0.4) is 0 Å². The van der Waals surface area contributed by atoms with E-state index in [2.05, 4.69) is 4.98 Å². The standard InChI is InChI=1S/C21H14ClNO4/c22-15-5-7-16(8-6-15)26-17-9-10-19-18(12-17)23-21(27-19)14-3-1-13(2-4-14)11-20(24)25/h1-10,12H,11H2,(H,24,25). The number of carboxylic acids is 1. The number of aliphatic carboxylic acids is 1. The first-order valence-electron chi connectivity index (χ1n) is 8.22. The van der Waals surface area contributed by atoms with E-state index in [1.807, 2.05) is 6.07 Å². The minimum Gasteiger partial charge on any atom is -0.481 e. The summed E-state index contributed by atoms with van der Waals surface area (Å²) in [6.07, 6.45) is -0.0146. The molecule has 0 amide bonds. The van der Waals surface area contributed by atoms with Crippen LogP contribution in [0, 0.1) is 0 Å². The van der Waals surface area contributed by atoms with Crippen LogP contribution in [0.25, 0.3) is 22.6 Å². The third-order valence-corrected chi connectivity index (χ3v) is 4.22. The van der Waals surface area contributed by atoms with Crippen LogP contribution in [-0.4, -0.2) is 16.1 Å². The van der Waals surface area contributed by atoms with Gasteiger partial charge in [-0.3, -0.25) is 4.79 Å². The van der Waals surface area contributed by atoms with E-state index in [4.69, 9.17) is 25.9 Å². The second kappa shape index (κ2) is 7.13. The van der Waals surface area contributed by atoms with Gasteiger partial charge in [0, 0.05) is 16.7 Å². The Morgan fingerprint density at radius 1 is 1.00 bits per heavy atom. The van der Waals surface area contributed by atoms with E-state index in [0.29, 0.717) is 33.5 Å². The quantitative estimate of drug-likeness (QED) is 0.491. The molecule has 0 atom stereocenters. The molecule has 6 heteroatoms. The highest BCUT2D eigenvalue weighted by atomic mass is 35.5. The van der Waals surface area contributed by atoms with Crippen molar-refractivity contribution in [3.8, 4) is 23.0 Å². The van der Waals surface area contributed by atoms with Crippen LogP contribution in [0.15, 0.2) is 71.1 Å². The van der Waals surface area contributed by atoms with E-state index in [1.54, 1.807) is 60.7 Å². The summed E-state index contributed by atoms with van der Waals surface area (Å²) in [5.41, 5.74) is 2.82. The molecule has 134 valence electrons. The van der Waals surface area contributed by atoms with Crippen LogP contribution >= 0.6 is 11.6 Å². The van der Waals surface area contributed by atoms with E-state index < -0.39 is 5.97 Å². The molecule has 1 N–H and O–H groups in total. The van der Waals surface area contributed by atoms with Crippen LogP contribution in [0.1, 0.15) is 5.56 Å². The Morgan fingerprint density at radius 3 is 2.41 bits per heavy atom. The molecular formula is C21H14ClNO4. The van der Waals surface area contributed by atoms with Gasteiger partial charge in [-0.1, -0.05) is 23.7 Å². The maximum absolute atomic E-state index is 10.8. The van der Waals surface area contributed by atoms with E-state index in [0.717, 1.165) is 11.1 Å². The Labute approximate surface area is 159 Å². The summed E-state index contributed by atoms with van der Waals surface area (Å²) in [5, 5.41) is 9.49. The number of carboxylic acid groups (broad SMARTS) is 1. The highest BCUT2D eigenvalue weighted by Gasteiger charge is 2.10. The van der Waals surface area contributed by atoms with Crippen LogP contribution in [0.4, 0.5) is 0 Å². The first-order chi connectivity index (χ1) is 13.1. The molecule has 0 spiro atoms. The molecule has 4 aromatic rings. The zero-order valence-corrected chi connectivity index (χ0v) is 14.8. The van der Waals surface area contributed by atoms with Gasteiger partial charge >= 0.3 is 5.97 Å². The van der Waals surface area contributed by atoms with Gasteiger partial charge in [-0.2, -0.15) is 0 Å². The number of fused-ring (bicyclic) bond motifs is 1. The lowest BCUT2D eigenvalue weighted by atomic mass is 10.1. The highest BCUT2D eigenvalue weighted by molar-refractivity contribution is 6.30. The molecule has 0 aliphatic carbocycles. The average Bonchev–Trinajstić information content (AvgIpc) is 3.07. The molecule has 0 saturated heterocycles. The number of rotatable bonds is 5. The molecule has 0 aliphatic rings. The fourth-order valence-corrected chi connectivity index (χ4v) is 2.80. The number of oxazole rings is 1. The van der Waals surface area contributed by atoms with Gasteiger partial charge in [-0.05, 0) is 54.1 Å². The maximum atomic E-state index is 10.8. The van der Waals surface area contributed by atoms with Gasteiger partial charge in [0.05, 0.1) is 6.42 Å². The Hall–Kier alpha value is -3.31. The van der Waals surface area contributed by atoms with Gasteiger partial charge in [0.2, 0.25) is 5.89 Å². The predicted molar refractivity (Wildman–Crippen MR) is 102 cm³/mol. The molecule has 0 unspecified atom stereocenters. The maximum Gasteiger partial charge on any atom is 0.307 e. The molecule has 1 aromatic heterocycles. The summed E-state index contributed by atoms with van der Waals surface area (Å²) in [7, 11) is 0. The molecule has 27 heavy (non-hydrogen) atoms. The van der Waals surface area contributed by atoms with Crippen molar-refractivity contribution < 1.29 is 19.1 Å². The van der Waals surface area contributed by atoms with Gasteiger partial charge in [-0.25, -0.2) is 4.98 Å². The van der Waals surface area contributed by atoms with Crippen LogP contribution in [0.2, 0.25) is 5.02 Å². The lowest BCUT2D eigenvalue weighted by Crippen LogP contribution is -1.99. The second-order valence-corrected chi connectivity index (χ2v) is 6.41. The topological polar surface area (TPSA) is 72.6 Å². The van der Waals surface area contributed by atoms with Crippen molar-refractivity contribution >= 4 is 28.7 Å². The lowest BCUT2D eigenvalue weighted by Gasteiger charge is -2.04. The van der Waals surface area contributed by atoms with Crippen LogP contribution in [0.5, 0.6) is 11.5 Å². The Balaban J connectivity index is 1.58. The number of nitrogens with zero attached hydrogens (tertiary/aromatic N) is 1. The van der Waals surface area contributed by atoms with Crippen LogP contribution < -0.4 is 4.74 Å². The van der Waals surface area contributed by atoms with Gasteiger partial charge in [0.15, 0.2) is 5.58 Å². The zero-order chi connectivity index (χ0) is 18.8. The number of benzene rings is 3. The first kappa shape index (κ1) is 17.1. The van der Waals surface area contributed by atoms with Crippen molar-refractivity contribution in [3.63, 3.8) is 0 Å². The monoisotopic (exact) mass is 379 g/mol. The molecule has 0 aliphatic heterocycles. The normalized spacial score (nSPS) is 10.9. The zero-order valence-electron chi connectivity index (χ0n) is 14.1. The summed E-state index contributed by atoms with van der Waals surface area (Å²) in [6.45, 7) is 0. The molecule has 0 fully saturated rings. The molecule has 0 radical (unpaired) electrons. The highest BCUT2D eigenvalue weighted by Crippen LogP contribution is 2.29. The summed E-state index contributed by atoms with van der Waals surface area (Å²) in [4.78, 5) is 15.3. The summed E-state index contributed by atoms with van der Waals surface area (Å²) in [6, 6.07) is 19.6. The summed E-state index contributed by atoms with van der Waals surface area (Å²) >= 11 is 5.88. The van der Waals surface area contributed by atoms with Gasteiger partial charge in [0.1, 0.15) is 17.0 Å². The smallest absolute Gasteiger partial charge is 0.307 e. The summed E-state index contributed by atoms with van der Waals surface area (Å²) < 4.78 is 11.6. The van der Waals surface area contributed by atoms with E-state index >= 15 is 0 Å². The number of hydrogen-bond donors (Lipinski definition) is 1. The Kier molecular flexibility index (Phi) is 4.52. The number of hydrogen-bond acceptors (Lipinski definition) is 4. The van der Waals surface area contributed by atoms with Gasteiger partial charge in [-0.15, -0.1) is 0 Å². The Morgan fingerprint density at radius 2 is 1.70 bits per heavy atom. The van der Waals surface area contributed by atoms with Gasteiger partial charge in [0.25, 0.3) is 0 Å². The number of aromatic nitrogens is 1. The van der Waals surface area contributed by atoms with Gasteiger partial charge < -0.3 is 14.3 Å². The van der Waals surface area contributed by atoms with Crippen molar-refractivity contribution in [2.45, 2.75) is 6.42 Å². The molecule has 3 aromatic carbocycles. The predicted octanol–water partition coefficient (Wildman–Crippen LogP) is 5.57. The third kappa shape index (κ3) is 3.93. The Bertz CT molecular complexity index is 1100. The summed E-state index contributed by atoms with van der Waals surface area (Å²) in [5.74, 6) is 0.923. The molecule has 4 rings (SSSR count). The van der Waals surface area contributed by atoms with Crippen LogP contribution in [-0.2, 0) is 11.2 Å². The molecular weight excluding hydrogens is 366 g/mol. The van der Waals surface area contributed by atoms with Crippen molar-refractivity contribution in [1.29, 1.82) is 0 Å². The molecule has 5 nitrogen and oxygen atoms in total. The van der Waals surface area contributed by atoms with E-state index in [9.17, 15) is 4.79 Å². The molecule has 0 saturated carbocycles. The molecule has 0 bridgehead atoms.